The Kier molecular flexibility index (Phi) is 4.00. The summed E-state index contributed by atoms with van der Waals surface area (Å²) in [5, 5.41) is 3.79. The van der Waals surface area contributed by atoms with E-state index in [1.54, 1.807) is 14.2 Å². The van der Waals surface area contributed by atoms with E-state index in [0.717, 1.165) is 5.56 Å². The third kappa shape index (κ3) is 2.78. The standard InChI is InChI=1S/C14H18N2O4S2/c1-19-12-4-3-9(5-13(12)20-2)6-16-11-8-22(17,18)7-10(11)15-14(16)21/h3-5,10-11H,6-8H2,1-2H3,(H-,15,17,18,21)/p+1/t10-,11+/m1/s1. The number of fused-ring (bicyclic) bond motifs is 1. The molecule has 0 spiro atoms. The van der Waals surface area contributed by atoms with Crippen LogP contribution in [0.1, 0.15) is 5.56 Å². The lowest BCUT2D eigenvalue weighted by Crippen LogP contribution is -2.36. The molecular formula is C14H19N2O4S2+. The molecule has 0 saturated carbocycles. The van der Waals surface area contributed by atoms with E-state index in [-0.39, 0.29) is 23.6 Å². The van der Waals surface area contributed by atoms with E-state index in [9.17, 15) is 8.76 Å². The maximum atomic E-state index is 11.9. The van der Waals surface area contributed by atoms with Crippen LogP contribution in [0.4, 0.5) is 0 Å². The first-order valence-corrected chi connectivity index (χ1v) is 9.20. The fraction of sp³-hybridized carbons (Fsp3) is 0.500. The third-order valence-corrected chi connectivity index (χ3v) is 6.20. The van der Waals surface area contributed by atoms with Crippen LogP contribution in [0, 0.1) is 0 Å². The highest BCUT2D eigenvalue weighted by Gasteiger charge is 2.53. The summed E-state index contributed by atoms with van der Waals surface area (Å²) in [4.78, 5) is 1.99. The molecular weight excluding hydrogens is 324 g/mol. The van der Waals surface area contributed by atoms with Crippen molar-refractivity contribution in [3.63, 3.8) is 0 Å². The fourth-order valence-corrected chi connectivity index (χ4v) is 5.34. The average Bonchev–Trinajstić information content (AvgIpc) is 2.91. The summed E-state index contributed by atoms with van der Waals surface area (Å²) in [5.41, 5.74) is 1.01. The first-order valence-electron chi connectivity index (χ1n) is 6.93. The van der Waals surface area contributed by atoms with Gasteiger partial charge in [-0.1, -0.05) is 10.3 Å². The molecule has 2 N–H and O–H groups in total. The Bertz CT molecular complexity index is 652. The number of ether oxygens (including phenoxy) is 2. The molecule has 2 heterocycles. The molecule has 3 rings (SSSR count). The highest BCUT2D eigenvalue weighted by molar-refractivity contribution is 7.98. The maximum absolute atomic E-state index is 11.9. The van der Waals surface area contributed by atoms with Crippen LogP contribution in [0.15, 0.2) is 18.2 Å². The van der Waals surface area contributed by atoms with Gasteiger partial charge in [0.2, 0.25) is 10.2 Å². The Balaban J connectivity index is 1.80. The van der Waals surface area contributed by atoms with E-state index in [2.05, 4.69) is 5.32 Å². The average molecular weight is 343 g/mol. The molecule has 1 aromatic rings. The van der Waals surface area contributed by atoms with Crippen LogP contribution in [-0.2, 0) is 21.0 Å². The van der Waals surface area contributed by atoms with Crippen LogP contribution >= 0.6 is 12.2 Å². The topological polar surface area (TPSA) is 71.0 Å². The molecule has 2 fully saturated rings. The van der Waals surface area contributed by atoms with Gasteiger partial charge in [0.25, 0.3) is 0 Å². The van der Waals surface area contributed by atoms with E-state index in [4.69, 9.17) is 21.7 Å². The lowest BCUT2D eigenvalue weighted by molar-refractivity contribution is 0.341. The summed E-state index contributed by atoms with van der Waals surface area (Å²) in [6.45, 7) is 0.572. The lowest BCUT2D eigenvalue weighted by Gasteiger charge is -2.22. The van der Waals surface area contributed by atoms with Gasteiger partial charge in [0.15, 0.2) is 28.1 Å². The molecule has 0 aliphatic carbocycles. The minimum Gasteiger partial charge on any atom is -0.493 e. The minimum absolute atomic E-state index is 0.0295. The van der Waals surface area contributed by atoms with Crippen LogP contribution in [-0.4, -0.2) is 52.4 Å². The van der Waals surface area contributed by atoms with E-state index < -0.39 is 10.2 Å². The van der Waals surface area contributed by atoms with Gasteiger partial charge in [0.1, 0.15) is 12.1 Å². The molecule has 2 aliphatic rings. The van der Waals surface area contributed by atoms with Crippen LogP contribution in [0.3, 0.4) is 0 Å². The molecule has 1 aromatic carbocycles. The molecule has 1 unspecified atom stereocenters. The molecule has 8 heteroatoms. The molecule has 2 aliphatic heterocycles. The quantitative estimate of drug-likeness (QED) is 0.627. The van der Waals surface area contributed by atoms with Crippen molar-refractivity contribution >= 4 is 27.5 Å². The monoisotopic (exact) mass is 343 g/mol. The van der Waals surface area contributed by atoms with Crippen LogP contribution in [0.5, 0.6) is 11.5 Å². The number of hydrogen-bond donors (Lipinski definition) is 2. The van der Waals surface area contributed by atoms with Crippen LogP contribution < -0.4 is 14.8 Å². The Morgan fingerprint density at radius 1 is 1.36 bits per heavy atom. The molecule has 0 radical (unpaired) electrons. The zero-order valence-electron chi connectivity index (χ0n) is 12.4. The van der Waals surface area contributed by atoms with Gasteiger partial charge >= 0.3 is 0 Å². The highest BCUT2D eigenvalue weighted by Crippen LogP contribution is 2.31. The van der Waals surface area contributed by atoms with Crippen LogP contribution in [0.2, 0.25) is 0 Å². The maximum Gasteiger partial charge on any atom is 0.218 e. The van der Waals surface area contributed by atoms with Gasteiger partial charge in [-0.2, -0.15) is 4.55 Å². The van der Waals surface area contributed by atoms with Crippen molar-refractivity contribution < 1.29 is 18.2 Å². The summed E-state index contributed by atoms with van der Waals surface area (Å²) in [5.74, 6) is 1.86. The number of benzene rings is 1. The van der Waals surface area contributed by atoms with Gasteiger partial charge in [-0.05, 0) is 29.9 Å². The highest BCUT2D eigenvalue weighted by atomic mass is 32.3. The summed E-state index contributed by atoms with van der Waals surface area (Å²) >= 11 is 5.36. The normalized spacial score (nSPS) is 30.1. The molecule has 6 nitrogen and oxygen atoms in total. The summed E-state index contributed by atoms with van der Waals surface area (Å²) in [7, 11) is 0.454. The van der Waals surface area contributed by atoms with Crippen LogP contribution in [0.25, 0.3) is 0 Å². The van der Waals surface area contributed by atoms with Gasteiger partial charge in [0.05, 0.1) is 14.2 Å². The Hall–Kier alpha value is -1.38. The van der Waals surface area contributed by atoms with Gasteiger partial charge in [0, 0.05) is 6.54 Å². The first kappa shape index (κ1) is 15.5. The first-order chi connectivity index (χ1) is 10.4. The van der Waals surface area contributed by atoms with E-state index in [1.165, 1.54) is 0 Å². The van der Waals surface area contributed by atoms with Gasteiger partial charge < -0.3 is 19.7 Å². The molecule has 2 saturated heterocycles. The molecule has 120 valence electrons. The number of nitrogens with one attached hydrogen (secondary N) is 1. The van der Waals surface area contributed by atoms with Crippen molar-refractivity contribution in [2.45, 2.75) is 18.6 Å². The zero-order chi connectivity index (χ0) is 15.9. The minimum atomic E-state index is -2.74. The van der Waals surface area contributed by atoms with Crippen molar-refractivity contribution in [3.8, 4) is 11.5 Å². The molecule has 3 atom stereocenters. The molecule has 0 bridgehead atoms. The van der Waals surface area contributed by atoms with Crippen molar-refractivity contribution in [2.75, 3.05) is 25.7 Å². The molecule has 0 aromatic heterocycles. The van der Waals surface area contributed by atoms with Gasteiger partial charge in [-0.3, -0.25) is 0 Å². The van der Waals surface area contributed by atoms with E-state index >= 15 is 0 Å². The SMILES string of the molecule is COc1ccc(CN2C(=S)N[C@@H]3C[S+](=O)(O)C[C@@H]32)cc1OC. The van der Waals surface area contributed by atoms with E-state index in [0.29, 0.717) is 23.2 Å². The zero-order valence-corrected chi connectivity index (χ0v) is 14.1. The van der Waals surface area contributed by atoms with Crippen molar-refractivity contribution in [3.05, 3.63) is 23.8 Å². The third-order valence-electron chi connectivity index (χ3n) is 4.11. The predicted molar refractivity (Wildman–Crippen MR) is 88.8 cm³/mol. The molecule has 0 amide bonds. The predicted octanol–water partition coefficient (Wildman–Crippen LogP) is 1.12. The number of thiocarbonyl (C=S) groups is 1. The number of hydrogen-bond acceptors (Lipinski definition) is 4. The van der Waals surface area contributed by atoms with E-state index in [1.807, 2.05) is 23.1 Å². The smallest absolute Gasteiger partial charge is 0.218 e. The Morgan fingerprint density at radius 3 is 2.77 bits per heavy atom. The van der Waals surface area contributed by atoms with Crippen molar-refractivity contribution in [2.24, 2.45) is 0 Å². The number of methoxy groups -OCH3 is 2. The fourth-order valence-electron chi connectivity index (χ4n) is 3.04. The summed E-state index contributed by atoms with van der Waals surface area (Å²) in [6, 6.07) is 5.63. The summed E-state index contributed by atoms with van der Waals surface area (Å²) < 4.78 is 32.2. The number of nitrogens with zero attached hydrogens (tertiary/aromatic N) is 1. The van der Waals surface area contributed by atoms with Crippen molar-refractivity contribution in [1.82, 2.24) is 10.2 Å². The number of rotatable bonds is 4. The second-order valence-corrected chi connectivity index (χ2v) is 8.14. The Morgan fingerprint density at radius 2 is 2.09 bits per heavy atom. The largest absolute Gasteiger partial charge is 0.493 e. The van der Waals surface area contributed by atoms with Crippen molar-refractivity contribution in [1.29, 1.82) is 0 Å². The Labute approximate surface area is 136 Å². The summed E-state index contributed by atoms with van der Waals surface area (Å²) in [6.07, 6.45) is 0. The molecule has 22 heavy (non-hydrogen) atoms. The van der Waals surface area contributed by atoms with Gasteiger partial charge in [-0.15, -0.1) is 0 Å². The lowest BCUT2D eigenvalue weighted by atomic mass is 10.1. The second-order valence-electron chi connectivity index (χ2n) is 5.55. The second kappa shape index (κ2) is 5.68. The van der Waals surface area contributed by atoms with Gasteiger partial charge in [-0.25, -0.2) is 0 Å².